The molecule has 0 saturated carbocycles. The summed E-state index contributed by atoms with van der Waals surface area (Å²) in [5, 5.41) is 0. The van der Waals surface area contributed by atoms with E-state index < -0.39 is 0 Å². The lowest BCUT2D eigenvalue weighted by atomic mass is 10.0. The molecule has 3 nitrogen and oxygen atoms in total. The van der Waals surface area contributed by atoms with Crippen molar-refractivity contribution in [3.63, 3.8) is 0 Å². The highest BCUT2D eigenvalue weighted by Gasteiger charge is 2.30. The van der Waals surface area contributed by atoms with E-state index in [1.807, 2.05) is 25.1 Å². The van der Waals surface area contributed by atoms with Crippen LogP contribution in [0, 0.1) is 0 Å². The van der Waals surface area contributed by atoms with Crippen molar-refractivity contribution in [1.82, 2.24) is 0 Å². The Kier molecular flexibility index (Phi) is 3.02. The van der Waals surface area contributed by atoms with Gasteiger partial charge in [-0.05, 0) is 5.56 Å². The molecule has 2 unspecified atom stereocenters. The predicted octanol–water partition coefficient (Wildman–Crippen LogP) is 2.19. The second-order valence-electron chi connectivity index (χ2n) is 3.62. The number of methoxy groups -OCH3 is 1. The van der Waals surface area contributed by atoms with Crippen LogP contribution in [-0.2, 0) is 9.47 Å². The topological polar surface area (TPSA) is 30.8 Å². The molecule has 2 rings (SSSR count). The van der Waals surface area contributed by atoms with E-state index in [9.17, 15) is 0 Å². The van der Waals surface area contributed by atoms with E-state index in [0.29, 0.717) is 6.61 Å². The summed E-state index contributed by atoms with van der Waals surface area (Å²) in [4.78, 5) is 4.41. The minimum Gasteiger partial charge on any atom is -0.471 e. The smallest absolute Gasteiger partial charge is 0.181 e. The Balaban J connectivity index is 2.16. The Labute approximate surface area is 89.7 Å². The third kappa shape index (κ3) is 2.18. The van der Waals surface area contributed by atoms with Crippen molar-refractivity contribution in [3.8, 4) is 0 Å². The highest BCUT2D eigenvalue weighted by Crippen LogP contribution is 2.28. The van der Waals surface area contributed by atoms with Crippen LogP contribution in [0.3, 0.4) is 0 Å². The Bertz CT molecular complexity index is 348. The second kappa shape index (κ2) is 4.45. The quantitative estimate of drug-likeness (QED) is 0.757. The van der Waals surface area contributed by atoms with Crippen molar-refractivity contribution in [3.05, 3.63) is 35.9 Å². The molecule has 1 aliphatic heterocycles. The van der Waals surface area contributed by atoms with Gasteiger partial charge in [0, 0.05) is 14.0 Å². The number of hydrogen-bond donors (Lipinski definition) is 0. The van der Waals surface area contributed by atoms with Gasteiger partial charge in [-0.15, -0.1) is 0 Å². The normalized spacial score (nSPS) is 24.8. The van der Waals surface area contributed by atoms with Crippen molar-refractivity contribution in [2.24, 2.45) is 4.99 Å². The molecule has 1 aromatic carbocycles. The maximum Gasteiger partial charge on any atom is 0.181 e. The summed E-state index contributed by atoms with van der Waals surface area (Å²) in [6, 6.07) is 10.2. The second-order valence-corrected chi connectivity index (χ2v) is 3.62. The van der Waals surface area contributed by atoms with Crippen molar-refractivity contribution in [1.29, 1.82) is 0 Å². The molecule has 0 aliphatic carbocycles. The average Bonchev–Trinajstić information content (AvgIpc) is 2.62. The molecule has 3 heteroatoms. The van der Waals surface area contributed by atoms with Gasteiger partial charge in [0.25, 0.3) is 0 Å². The minimum absolute atomic E-state index is 0.00569. The lowest BCUT2D eigenvalue weighted by molar-refractivity contribution is 0.119. The summed E-state index contributed by atoms with van der Waals surface area (Å²) >= 11 is 0. The van der Waals surface area contributed by atoms with E-state index in [-0.39, 0.29) is 12.1 Å². The third-order valence-corrected chi connectivity index (χ3v) is 2.46. The van der Waals surface area contributed by atoms with Crippen LogP contribution in [0.4, 0.5) is 0 Å². The van der Waals surface area contributed by atoms with Crippen LogP contribution in [0.15, 0.2) is 35.3 Å². The molecule has 0 saturated heterocycles. The van der Waals surface area contributed by atoms with Crippen LogP contribution in [0.1, 0.15) is 18.6 Å². The summed E-state index contributed by atoms with van der Waals surface area (Å²) in [5.41, 5.74) is 1.15. The van der Waals surface area contributed by atoms with Gasteiger partial charge >= 0.3 is 0 Å². The van der Waals surface area contributed by atoms with E-state index in [4.69, 9.17) is 9.47 Å². The molecule has 80 valence electrons. The number of nitrogens with zero attached hydrogens (tertiary/aromatic N) is 1. The van der Waals surface area contributed by atoms with Crippen LogP contribution in [0.2, 0.25) is 0 Å². The van der Waals surface area contributed by atoms with Crippen LogP contribution in [0.5, 0.6) is 0 Å². The van der Waals surface area contributed by atoms with Gasteiger partial charge in [0.05, 0.1) is 6.61 Å². The van der Waals surface area contributed by atoms with Crippen molar-refractivity contribution >= 4 is 5.90 Å². The fourth-order valence-corrected chi connectivity index (χ4v) is 1.82. The van der Waals surface area contributed by atoms with Crippen LogP contribution < -0.4 is 0 Å². The summed E-state index contributed by atoms with van der Waals surface area (Å²) in [5.74, 6) is 0.742. The number of rotatable bonds is 3. The lowest BCUT2D eigenvalue weighted by Gasteiger charge is -2.16. The van der Waals surface area contributed by atoms with E-state index in [1.54, 1.807) is 7.11 Å². The van der Waals surface area contributed by atoms with E-state index in [0.717, 1.165) is 11.5 Å². The predicted molar refractivity (Wildman–Crippen MR) is 59.0 cm³/mol. The maximum absolute atomic E-state index is 5.68. The molecule has 1 aliphatic rings. The number of aliphatic imine (C=N–C) groups is 1. The summed E-state index contributed by atoms with van der Waals surface area (Å²) < 4.78 is 10.8. The van der Waals surface area contributed by atoms with Crippen molar-refractivity contribution < 1.29 is 9.47 Å². The van der Waals surface area contributed by atoms with Crippen molar-refractivity contribution in [2.75, 3.05) is 13.7 Å². The molecule has 0 bridgehead atoms. The molecule has 0 aromatic heterocycles. The van der Waals surface area contributed by atoms with Gasteiger partial charge in [0.15, 0.2) is 5.90 Å². The first-order valence-electron chi connectivity index (χ1n) is 5.06. The first-order valence-corrected chi connectivity index (χ1v) is 5.06. The molecular weight excluding hydrogens is 190 g/mol. The zero-order valence-corrected chi connectivity index (χ0v) is 9.01. The van der Waals surface area contributed by atoms with Gasteiger partial charge in [0.2, 0.25) is 0 Å². The minimum atomic E-state index is 0.00569. The zero-order valence-electron chi connectivity index (χ0n) is 9.01. The monoisotopic (exact) mass is 205 g/mol. The Hall–Kier alpha value is -1.35. The molecule has 0 radical (unpaired) electrons. The average molecular weight is 205 g/mol. The maximum atomic E-state index is 5.68. The zero-order chi connectivity index (χ0) is 10.7. The van der Waals surface area contributed by atoms with Gasteiger partial charge in [0.1, 0.15) is 12.1 Å². The summed E-state index contributed by atoms with van der Waals surface area (Å²) in [6.45, 7) is 2.47. The Morgan fingerprint density at radius 3 is 2.73 bits per heavy atom. The van der Waals surface area contributed by atoms with Gasteiger partial charge in [-0.3, -0.25) is 0 Å². The highest BCUT2D eigenvalue weighted by atomic mass is 16.5. The fraction of sp³-hybridized carbons (Fsp3) is 0.417. The molecule has 0 fully saturated rings. The van der Waals surface area contributed by atoms with E-state index in [2.05, 4.69) is 17.1 Å². The standard InChI is InChI=1S/C12H15NO2/c1-9-13-11(8-14-2)12(15-9)10-6-4-3-5-7-10/h3-7,11-12H,8H2,1-2H3. The SMILES string of the molecule is COCC1N=C(C)OC1c1ccccc1. The molecule has 0 amide bonds. The fourth-order valence-electron chi connectivity index (χ4n) is 1.82. The van der Waals surface area contributed by atoms with Crippen LogP contribution >= 0.6 is 0 Å². The highest BCUT2D eigenvalue weighted by molar-refractivity contribution is 5.75. The summed E-state index contributed by atoms with van der Waals surface area (Å²) in [6.07, 6.45) is 0.00569. The Morgan fingerprint density at radius 1 is 1.33 bits per heavy atom. The molecular formula is C12H15NO2. The van der Waals surface area contributed by atoms with E-state index >= 15 is 0 Å². The molecule has 0 N–H and O–H groups in total. The van der Waals surface area contributed by atoms with Gasteiger partial charge in [-0.25, -0.2) is 4.99 Å². The van der Waals surface area contributed by atoms with E-state index in [1.165, 1.54) is 0 Å². The molecule has 1 aromatic rings. The first-order chi connectivity index (χ1) is 7.31. The molecule has 2 atom stereocenters. The molecule has 15 heavy (non-hydrogen) atoms. The lowest BCUT2D eigenvalue weighted by Crippen LogP contribution is -2.19. The largest absolute Gasteiger partial charge is 0.471 e. The van der Waals surface area contributed by atoms with Gasteiger partial charge < -0.3 is 9.47 Å². The number of benzene rings is 1. The van der Waals surface area contributed by atoms with Gasteiger partial charge in [-0.2, -0.15) is 0 Å². The van der Waals surface area contributed by atoms with Crippen molar-refractivity contribution in [2.45, 2.75) is 19.1 Å². The Morgan fingerprint density at radius 2 is 2.07 bits per heavy atom. The first kappa shape index (κ1) is 10.2. The molecule has 1 heterocycles. The number of hydrogen-bond acceptors (Lipinski definition) is 3. The molecule has 0 spiro atoms. The van der Waals surface area contributed by atoms with Gasteiger partial charge in [-0.1, -0.05) is 30.3 Å². The third-order valence-electron chi connectivity index (χ3n) is 2.46. The number of ether oxygens (including phenoxy) is 2. The van der Waals surface area contributed by atoms with Crippen LogP contribution in [0.25, 0.3) is 0 Å². The summed E-state index contributed by atoms with van der Waals surface area (Å²) in [7, 11) is 1.69. The van der Waals surface area contributed by atoms with Crippen LogP contribution in [-0.4, -0.2) is 25.7 Å².